The molecule has 2 aromatic carbocycles. The van der Waals surface area contributed by atoms with E-state index in [2.05, 4.69) is 15.6 Å². The Hall–Kier alpha value is -2.09. The van der Waals surface area contributed by atoms with Gasteiger partial charge in [0, 0.05) is 12.6 Å². The van der Waals surface area contributed by atoms with Gasteiger partial charge in [-0.25, -0.2) is 9.79 Å². The third kappa shape index (κ3) is 7.21. The first kappa shape index (κ1) is 21.2. The average Bonchev–Trinajstić information content (AvgIpc) is 3.49. The van der Waals surface area contributed by atoms with E-state index in [-0.39, 0.29) is 36.6 Å². The van der Waals surface area contributed by atoms with Crippen LogP contribution >= 0.6 is 24.0 Å². The Labute approximate surface area is 177 Å². The van der Waals surface area contributed by atoms with Crippen LogP contribution in [0.1, 0.15) is 41.3 Å². The minimum atomic E-state index is -0.317. The molecule has 0 saturated heterocycles. The van der Waals surface area contributed by atoms with E-state index in [1.54, 1.807) is 6.07 Å². The van der Waals surface area contributed by atoms with Crippen LogP contribution in [0.2, 0.25) is 0 Å². The van der Waals surface area contributed by atoms with Crippen molar-refractivity contribution in [3.05, 3.63) is 71.3 Å². The molecule has 0 radical (unpaired) electrons. The summed E-state index contributed by atoms with van der Waals surface area (Å²) in [4.78, 5) is 16.9. The molecule has 0 unspecified atom stereocenters. The Bertz CT molecular complexity index is 761. The summed E-state index contributed by atoms with van der Waals surface area (Å²) in [6, 6.07) is 17.7. The van der Waals surface area contributed by atoms with Crippen molar-refractivity contribution in [3.63, 3.8) is 0 Å². The number of esters is 1. The van der Waals surface area contributed by atoms with E-state index in [1.807, 2.05) is 55.5 Å². The molecule has 6 heteroatoms. The zero-order valence-electron chi connectivity index (χ0n) is 15.5. The molecule has 1 aliphatic carbocycles. The zero-order chi connectivity index (χ0) is 18.2. The number of carbonyl (C=O) groups is 1. The highest BCUT2D eigenvalue weighted by Gasteiger charge is 2.22. The summed E-state index contributed by atoms with van der Waals surface area (Å²) < 4.78 is 5.39. The van der Waals surface area contributed by atoms with Crippen LogP contribution < -0.4 is 10.6 Å². The molecule has 0 bridgehead atoms. The lowest BCUT2D eigenvalue weighted by Crippen LogP contribution is -2.38. The van der Waals surface area contributed by atoms with Crippen molar-refractivity contribution < 1.29 is 9.53 Å². The third-order valence-corrected chi connectivity index (χ3v) is 4.06. The highest BCUT2D eigenvalue weighted by Crippen LogP contribution is 2.18. The Morgan fingerprint density at radius 3 is 2.56 bits per heavy atom. The summed E-state index contributed by atoms with van der Waals surface area (Å²) in [7, 11) is 0. The second-order valence-electron chi connectivity index (χ2n) is 6.38. The van der Waals surface area contributed by atoms with E-state index in [0.717, 1.165) is 23.6 Å². The topological polar surface area (TPSA) is 62.7 Å². The fraction of sp³-hybridized carbons (Fsp3) is 0.333. The molecule has 0 amide bonds. The van der Waals surface area contributed by atoms with Crippen molar-refractivity contribution in [3.8, 4) is 0 Å². The lowest BCUT2D eigenvalue weighted by atomic mass is 10.1. The predicted molar refractivity (Wildman–Crippen MR) is 118 cm³/mol. The van der Waals surface area contributed by atoms with Gasteiger partial charge in [-0.05, 0) is 43.0 Å². The van der Waals surface area contributed by atoms with E-state index >= 15 is 0 Å². The van der Waals surface area contributed by atoms with Crippen molar-refractivity contribution in [2.24, 2.45) is 4.99 Å². The van der Waals surface area contributed by atoms with Gasteiger partial charge in [0.1, 0.15) is 6.61 Å². The molecule has 1 aliphatic rings. The molecule has 1 fully saturated rings. The molecular weight excluding hydrogens is 453 g/mol. The molecule has 5 nitrogen and oxygen atoms in total. The van der Waals surface area contributed by atoms with Gasteiger partial charge in [-0.1, -0.05) is 42.5 Å². The maximum Gasteiger partial charge on any atom is 0.338 e. The summed E-state index contributed by atoms with van der Waals surface area (Å²) in [6.07, 6.45) is 2.40. The number of rotatable bonds is 7. The molecule has 3 rings (SSSR count). The van der Waals surface area contributed by atoms with Gasteiger partial charge in [0.25, 0.3) is 0 Å². The van der Waals surface area contributed by atoms with Gasteiger partial charge >= 0.3 is 5.97 Å². The number of benzene rings is 2. The molecule has 0 heterocycles. The minimum Gasteiger partial charge on any atom is -0.457 e. The lowest BCUT2D eigenvalue weighted by Gasteiger charge is -2.10. The Morgan fingerprint density at radius 2 is 1.85 bits per heavy atom. The van der Waals surface area contributed by atoms with Crippen molar-refractivity contribution in [2.75, 3.05) is 6.54 Å². The van der Waals surface area contributed by atoms with Gasteiger partial charge < -0.3 is 15.4 Å². The molecule has 2 aromatic rings. The van der Waals surface area contributed by atoms with E-state index in [0.29, 0.717) is 18.2 Å². The van der Waals surface area contributed by atoms with E-state index in [4.69, 9.17) is 4.74 Å². The number of hydrogen-bond donors (Lipinski definition) is 2. The summed E-state index contributed by atoms with van der Waals surface area (Å²) in [5.74, 6) is 0.509. The summed E-state index contributed by atoms with van der Waals surface area (Å²) in [5, 5.41) is 6.63. The number of aliphatic imine (C=N–C) groups is 1. The van der Waals surface area contributed by atoms with Crippen molar-refractivity contribution in [1.29, 1.82) is 0 Å². The van der Waals surface area contributed by atoms with Gasteiger partial charge in [-0.3, -0.25) is 0 Å². The number of carbonyl (C=O) groups excluding carboxylic acids is 1. The van der Waals surface area contributed by atoms with Crippen LogP contribution in [0.15, 0.2) is 59.6 Å². The van der Waals surface area contributed by atoms with Gasteiger partial charge in [0.15, 0.2) is 5.96 Å². The Morgan fingerprint density at radius 1 is 1.11 bits per heavy atom. The third-order valence-electron chi connectivity index (χ3n) is 4.06. The van der Waals surface area contributed by atoms with Crippen LogP contribution in [0, 0.1) is 0 Å². The molecule has 27 heavy (non-hydrogen) atoms. The maximum atomic E-state index is 12.3. The van der Waals surface area contributed by atoms with Gasteiger partial charge in [-0.15, -0.1) is 24.0 Å². The van der Waals surface area contributed by atoms with Crippen LogP contribution in [0.25, 0.3) is 0 Å². The van der Waals surface area contributed by atoms with Crippen LogP contribution in [-0.2, 0) is 17.9 Å². The smallest absolute Gasteiger partial charge is 0.338 e. The monoisotopic (exact) mass is 479 g/mol. The number of ether oxygens (including phenoxy) is 1. The Balaban J connectivity index is 0.00000261. The Kier molecular flexibility index (Phi) is 8.57. The average molecular weight is 479 g/mol. The molecule has 0 aromatic heterocycles. The fourth-order valence-corrected chi connectivity index (χ4v) is 2.51. The normalized spacial score (nSPS) is 13.4. The number of nitrogens with zero attached hydrogens (tertiary/aromatic N) is 1. The van der Waals surface area contributed by atoms with Crippen molar-refractivity contribution in [1.82, 2.24) is 10.6 Å². The number of halogens is 1. The quantitative estimate of drug-likeness (QED) is 0.274. The summed E-state index contributed by atoms with van der Waals surface area (Å²) in [6.45, 7) is 3.66. The molecule has 0 atom stereocenters. The van der Waals surface area contributed by atoms with Crippen molar-refractivity contribution >= 4 is 35.9 Å². The van der Waals surface area contributed by atoms with Crippen LogP contribution in [0.5, 0.6) is 0 Å². The number of nitrogens with one attached hydrogen (secondary N) is 2. The molecule has 144 valence electrons. The zero-order valence-corrected chi connectivity index (χ0v) is 17.8. The first-order chi connectivity index (χ1) is 12.7. The minimum absolute atomic E-state index is 0. The second-order valence-corrected chi connectivity index (χ2v) is 6.38. The molecular formula is C21H26IN3O2. The van der Waals surface area contributed by atoms with E-state index in [1.165, 1.54) is 12.8 Å². The van der Waals surface area contributed by atoms with Crippen LogP contribution in [-0.4, -0.2) is 24.5 Å². The standard InChI is InChI=1S/C21H25N3O2.HI/c1-2-22-21(24-19-11-12-19)23-14-17-9-6-10-18(13-17)20(25)26-15-16-7-4-3-5-8-16;/h3-10,13,19H,2,11-12,14-15H2,1H3,(H2,22,23,24);1H. The molecule has 2 N–H and O–H groups in total. The lowest BCUT2D eigenvalue weighted by molar-refractivity contribution is 0.0472. The largest absolute Gasteiger partial charge is 0.457 e. The van der Waals surface area contributed by atoms with Crippen molar-refractivity contribution in [2.45, 2.75) is 39.0 Å². The second kappa shape index (κ2) is 10.9. The maximum absolute atomic E-state index is 12.3. The summed E-state index contributed by atoms with van der Waals surface area (Å²) in [5.41, 5.74) is 2.50. The van der Waals surface area contributed by atoms with Gasteiger partial charge in [0.2, 0.25) is 0 Å². The predicted octanol–water partition coefficient (Wildman–Crippen LogP) is 3.88. The van der Waals surface area contributed by atoms with Crippen LogP contribution in [0.3, 0.4) is 0 Å². The summed E-state index contributed by atoms with van der Waals surface area (Å²) >= 11 is 0. The van der Waals surface area contributed by atoms with Gasteiger partial charge in [0.05, 0.1) is 12.1 Å². The number of hydrogen-bond acceptors (Lipinski definition) is 3. The van der Waals surface area contributed by atoms with E-state index in [9.17, 15) is 4.79 Å². The SMILES string of the molecule is CCNC(=NCc1cccc(C(=O)OCc2ccccc2)c1)NC1CC1.I. The highest BCUT2D eigenvalue weighted by atomic mass is 127. The highest BCUT2D eigenvalue weighted by molar-refractivity contribution is 14.0. The fourth-order valence-electron chi connectivity index (χ4n) is 2.51. The number of guanidine groups is 1. The molecule has 0 spiro atoms. The first-order valence-corrected chi connectivity index (χ1v) is 9.09. The van der Waals surface area contributed by atoms with E-state index < -0.39 is 0 Å². The molecule has 1 saturated carbocycles. The molecule has 0 aliphatic heterocycles. The first-order valence-electron chi connectivity index (χ1n) is 9.09. The van der Waals surface area contributed by atoms with Crippen LogP contribution in [0.4, 0.5) is 0 Å². The van der Waals surface area contributed by atoms with Gasteiger partial charge in [-0.2, -0.15) is 0 Å².